The van der Waals surface area contributed by atoms with Gasteiger partial charge in [0.05, 0.1) is 5.56 Å². The maximum absolute atomic E-state index is 12.0. The fraction of sp³-hybridized carbons (Fsp3) is 0.412. The summed E-state index contributed by atoms with van der Waals surface area (Å²) in [6, 6.07) is 6.50. The number of anilines is 1. The van der Waals surface area contributed by atoms with Crippen LogP contribution in [0.5, 0.6) is 0 Å². The Morgan fingerprint density at radius 2 is 1.62 bits per heavy atom. The molecule has 0 aromatic heterocycles. The molecule has 3 amide bonds. The summed E-state index contributed by atoms with van der Waals surface area (Å²) in [5.74, 6) is -1.28. The second kappa shape index (κ2) is 6.82. The smallest absolute Gasteiger partial charge is 0.338 e. The highest BCUT2D eigenvalue weighted by atomic mass is 16.5. The van der Waals surface area contributed by atoms with Crippen molar-refractivity contribution in [3.8, 4) is 0 Å². The summed E-state index contributed by atoms with van der Waals surface area (Å²) < 4.78 is 4.97. The van der Waals surface area contributed by atoms with E-state index in [1.807, 2.05) is 0 Å². The molecule has 2 aliphatic rings. The Hall–Kier alpha value is -2.70. The third-order valence-corrected chi connectivity index (χ3v) is 4.19. The third kappa shape index (κ3) is 3.29. The first-order valence-electron chi connectivity index (χ1n) is 7.97. The van der Waals surface area contributed by atoms with E-state index in [9.17, 15) is 19.2 Å². The average Bonchev–Trinajstić information content (AvgIpc) is 3.20. The lowest BCUT2D eigenvalue weighted by atomic mass is 10.2. The van der Waals surface area contributed by atoms with Gasteiger partial charge in [-0.15, -0.1) is 0 Å². The van der Waals surface area contributed by atoms with E-state index in [2.05, 4.69) is 0 Å². The molecule has 0 saturated carbocycles. The van der Waals surface area contributed by atoms with Gasteiger partial charge in [-0.2, -0.15) is 0 Å². The second-order valence-corrected chi connectivity index (χ2v) is 5.81. The van der Waals surface area contributed by atoms with E-state index in [1.54, 1.807) is 29.2 Å². The van der Waals surface area contributed by atoms with E-state index in [0.717, 1.165) is 17.0 Å². The van der Waals surface area contributed by atoms with Crippen LogP contribution in [0, 0.1) is 0 Å². The number of imide groups is 1. The lowest BCUT2D eigenvalue weighted by Gasteiger charge is -2.16. The van der Waals surface area contributed by atoms with Gasteiger partial charge in [0.25, 0.3) is 5.91 Å². The van der Waals surface area contributed by atoms with Crippen molar-refractivity contribution in [2.24, 2.45) is 0 Å². The van der Waals surface area contributed by atoms with Crippen LogP contribution in [0.2, 0.25) is 0 Å². The molecule has 0 unspecified atom stereocenters. The number of hydrogen-bond donors (Lipinski definition) is 0. The van der Waals surface area contributed by atoms with Gasteiger partial charge >= 0.3 is 5.97 Å². The number of rotatable bonds is 4. The fourth-order valence-electron chi connectivity index (χ4n) is 2.90. The van der Waals surface area contributed by atoms with Crippen molar-refractivity contribution in [2.45, 2.75) is 25.7 Å². The lowest BCUT2D eigenvalue weighted by molar-refractivity contribution is -0.143. The topological polar surface area (TPSA) is 84.0 Å². The molecule has 0 atom stereocenters. The predicted molar refractivity (Wildman–Crippen MR) is 84.3 cm³/mol. The molecule has 1 aromatic carbocycles. The minimum atomic E-state index is -0.630. The van der Waals surface area contributed by atoms with Gasteiger partial charge in [-0.1, -0.05) is 0 Å². The molecule has 2 heterocycles. The van der Waals surface area contributed by atoms with E-state index >= 15 is 0 Å². The number of esters is 1. The van der Waals surface area contributed by atoms with Gasteiger partial charge in [0.15, 0.2) is 6.61 Å². The van der Waals surface area contributed by atoms with Crippen molar-refractivity contribution in [3.63, 3.8) is 0 Å². The molecule has 2 saturated heterocycles. The van der Waals surface area contributed by atoms with Crippen LogP contribution in [0.1, 0.15) is 36.0 Å². The molecule has 0 bridgehead atoms. The van der Waals surface area contributed by atoms with Gasteiger partial charge in [-0.25, -0.2) is 4.79 Å². The number of ether oxygens (including phenoxy) is 1. The molecular weight excluding hydrogens is 312 g/mol. The molecule has 0 aliphatic carbocycles. The molecule has 1 aromatic rings. The predicted octanol–water partition coefficient (Wildman–Crippen LogP) is 1.12. The van der Waals surface area contributed by atoms with Gasteiger partial charge in [-0.3, -0.25) is 19.3 Å². The maximum Gasteiger partial charge on any atom is 0.338 e. The zero-order chi connectivity index (χ0) is 17.1. The van der Waals surface area contributed by atoms with Gasteiger partial charge in [0, 0.05) is 31.6 Å². The van der Waals surface area contributed by atoms with Gasteiger partial charge in [-0.05, 0) is 37.1 Å². The molecule has 0 radical (unpaired) electrons. The first-order chi connectivity index (χ1) is 11.6. The number of carbonyl (C=O) groups excluding carboxylic acids is 4. The number of nitrogens with zero attached hydrogens (tertiary/aromatic N) is 2. The van der Waals surface area contributed by atoms with Crippen molar-refractivity contribution in [1.82, 2.24) is 4.90 Å². The Bertz CT molecular complexity index is 683. The summed E-state index contributed by atoms with van der Waals surface area (Å²) in [5, 5.41) is 0. The fourth-order valence-corrected chi connectivity index (χ4v) is 2.90. The number of benzene rings is 1. The van der Waals surface area contributed by atoms with E-state index in [1.165, 1.54) is 0 Å². The molecular formula is C17H18N2O5. The minimum Gasteiger partial charge on any atom is -0.452 e. The van der Waals surface area contributed by atoms with Gasteiger partial charge in [0.1, 0.15) is 0 Å². The monoisotopic (exact) mass is 330 g/mol. The highest BCUT2D eigenvalue weighted by Gasteiger charge is 2.27. The number of carbonyl (C=O) groups is 4. The summed E-state index contributed by atoms with van der Waals surface area (Å²) >= 11 is 0. The molecule has 0 N–H and O–H groups in total. The van der Waals surface area contributed by atoms with E-state index < -0.39 is 18.5 Å². The van der Waals surface area contributed by atoms with Crippen LogP contribution in [0.3, 0.4) is 0 Å². The summed E-state index contributed by atoms with van der Waals surface area (Å²) in [6.45, 7) is 0.617. The van der Waals surface area contributed by atoms with Crippen LogP contribution in [-0.2, 0) is 19.1 Å². The molecule has 2 fully saturated rings. The highest BCUT2D eigenvalue weighted by molar-refractivity contribution is 5.99. The molecule has 2 aliphatic heterocycles. The Morgan fingerprint density at radius 3 is 2.21 bits per heavy atom. The average molecular weight is 330 g/mol. The van der Waals surface area contributed by atoms with E-state index in [4.69, 9.17) is 4.74 Å². The number of likely N-dealkylation sites (tertiary alicyclic amines) is 1. The zero-order valence-corrected chi connectivity index (χ0v) is 13.2. The van der Waals surface area contributed by atoms with Crippen molar-refractivity contribution in [1.29, 1.82) is 0 Å². The summed E-state index contributed by atoms with van der Waals surface area (Å²) in [5.41, 5.74) is 1.04. The number of amides is 3. The van der Waals surface area contributed by atoms with Crippen LogP contribution in [-0.4, -0.2) is 48.3 Å². The van der Waals surface area contributed by atoms with E-state index in [0.29, 0.717) is 37.9 Å². The van der Waals surface area contributed by atoms with Crippen LogP contribution < -0.4 is 4.90 Å². The Morgan fingerprint density at radius 1 is 0.958 bits per heavy atom. The Balaban J connectivity index is 1.56. The molecule has 0 spiro atoms. The zero-order valence-electron chi connectivity index (χ0n) is 13.2. The van der Waals surface area contributed by atoms with Crippen LogP contribution in [0.15, 0.2) is 24.3 Å². The Labute approximate surface area is 139 Å². The van der Waals surface area contributed by atoms with Crippen molar-refractivity contribution in [3.05, 3.63) is 29.8 Å². The molecule has 7 nitrogen and oxygen atoms in total. The SMILES string of the molecule is O=C(OCC(=O)N1CCCC1=O)c1ccc(N2CCCC2=O)cc1. The summed E-state index contributed by atoms with van der Waals surface area (Å²) in [6.07, 6.45) is 2.38. The first kappa shape index (κ1) is 16.2. The van der Waals surface area contributed by atoms with E-state index in [-0.39, 0.29) is 11.8 Å². The Kier molecular flexibility index (Phi) is 4.59. The van der Waals surface area contributed by atoms with Crippen molar-refractivity contribution in [2.75, 3.05) is 24.6 Å². The van der Waals surface area contributed by atoms with Crippen LogP contribution in [0.25, 0.3) is 0 Å². The van der Waals surface area contributed by atoms with Gasteiger partial charge in [0.2, 0.25) is 11.8 Å². The van der Waals surface area contributed by atoms with Crippen molar-refractivity contribution >= 4 is 29.4 Å². The second-order valence-electron chi connectivity index (χ2n) is 5.81. The molecule has 24 heavy (non-hydrogen) atoms. The standard InChI is InChI=1S/C17H18N2O5/c20-14-3-1-9-18(14)13-7-5-12(6-8-13)17(23)24-11-16(22)19-10-2-4-15(19)21/h5-8H,1-4,9-11H2. The minimum absolute atomic E-state index is 0.0752. The lowest BCUT2D eigenvalue weighted by Crippen LogP contribution is -2.35. The first-order valence-corrected chi connectivity index (χ1v) is 7.97. The van der Waals surface area contributed by atoms with Gasteiger partial charge < -0.3 is 9.64 Å². The normalized spacial score (nSPS) is 17.5. The number of hydrogen-bond acceptors (Lipinski definition) is 5. The summed E-state index contributed by atoms with van der Waals surface area (Å²) in [4.78, 5) is 49.8. The maximum atomic E-state index is 12.0. The van der Waals surface area contributed by atoms with Crippen LogP contribution >= 0.6 is 0 Å². The molecule has 126 valence electrons. The molecule has 7 heteroatoms. The summed E-state index contributed by atoms with van der Waals surface area (Å²) in [7, 11) is 0. The largest absolute Gasteiger partial charge is 0.452 e. The molecule has 3 rings (SSSR count). The highest BCUT2D eigenvalue weighted by Crippen LogP contribution is 2.21. The van der Waals surface area contributed by atoms with Crippen molar-refractivity contribution < 1.29 is 23.9 Å². The third-order valence-electron chi connectivity index (χ3n) is 4.19. The quantitative estimate of drug-likeness (QED) is 0.773. The van der Waals surface area contributed by atoms with Crippen LogP contribution in [0.4, 0.5) is 5.69 Å².